The fourth-order valence-corrected chi connectivity index (χ4v) is 5.38. The van der Waals surface area contributed by atoms with Crippen molar-refractivity contribution in [1.82, 2.24) is 19.9 Å². The highest BCUT2D eigenvalue weighted by molar-refractivity contribution is 6.06. The van der Waals surface area contributed by atoms with Crippen LogP contribution in [0.1, 0.15) is 69.7 Å². The Morgan fingerprint density at radius 2 is 1.85 bits per heavy atom. The van der Waals surface area contributed by atoms with Gasteiger partial charge in [-0.05, 0) is 76.8 Å². The summed E-state index contributed by atoms with van der Waals surface area (Å²) in [6, 6.07) is 8.87. The molecule has 1 saturated carbocycles. The van der Waals surface area contributed by atoms with Crippen molar-refractivity contribution in [3.05, 3.63) is 42.2 Å². The molecule has 218 valence electrons. The monoisotopic (exact) mass is 562 g/mol. The number of aliphatic hydroxyl groups is 1. The highest BCUT2D eigenvalue weighted by atomic mass is 16.6. The first kappa shape index (κ1) is 28.5. The maximum Gasteiger partial charge on any atom is 0.410 e. The summed E-state index contributed by atoms with van der Waals surface area (Å²) >= 11 is 0. The van der Waals surface area contributed by atoms with E-state index < -0.39 is 17.1 Å². The standard InChI is InChI=1S/C30H38N6O5/c1-29(2,3)41-28(38)36-14-6-7-20(16-36)34-27-25-24(32-18-33-27)22(26(31)37)15-23(35-25)19-8-10-21(11-9-19)40-17-30(39)12-4-5-13-30/h8-11,15,18,20,39H,4-7,12-14,16-17H2,1-3H3,(H2,31,37)(H,32,33,34)/t20-/m0/s1. The molecule has 1 atom stereocenters. The Bertz CT molecular complexity index is 1420. The van der Waals surface area contributed by atoms with E-state index in [4.69, 9.17) is 20.2 Å². The molecule has 3 aromatic rings. The highest BCUT2D eigenvalue weighted by Gasteiger charge is 2.32. The normalized spacial score (nSPS) is 18.7. The van der Waals surface area contributed by atoms with Crippen molar-refractivity contribution in [2.24, 2.45) is 5.73 Å². The first-order valence-electron chi connectivity index (χ1n) is 14.2. The van der Waals surface area contributed by atoms with Gasteiger partial charge in [-0.2, -0.15) is 0 Å². The Morgan fingerprint density at radius 1 is 1.12 bits per heavy atom. The molecule has 5 rings (SSSR count). The van der Waals surface area contributed by atoms with Crippen molar-refractivity contribution >= 4 is 28.9 Å². The SMILES string of the molecule is CC(C)(C)OC(=O)N1CCC[C@H](Nc2ncnc3c(C(N)=O)cc(-c4ccc(OCC5(O)CCCC5)cc4)nc23)C1. The summed E-state index contributed by atoms with van der Waals surface area (Å²) in [5, 5.41) is 14.0. The van der Waals surface area contributed by atoms with Gasteiger partial charge in [-0.25, -0.2) is 19.7 Å². The molecular weight excluding hydrogens is 524 g/mol. The summed E-state index contributed by atoms with van der Waals surface area (Å²) in [4.78, 5) is 40.4. The van der Waals surface area contributed by atoms with Crippen LogP contribution >= 0.6 is 0 Å². The van der Waals surface area contributed by atoms with Gasteiger partial charge < -0.3 is 30.5 Å². The second kappa shape index (κ2) is 11.5. The molecule has 2 aromatic heterocycles. The number of carbonyl (C=O) groups is 2. The number of anilines is 1. The van der Waals surface area contributed by atoms with Crippen LogP contribution in [0.4, 0.5) is 10.6 Å². The average Bonchev–Trinajstić information content (AvgIpc) is 3.37. The number of rotatable bonds is 7. The van der Waals surface area contributed by atoms with E-state index in [1.54, 1.807) is 11.0 Å². The van der Waals surface area contributed by atoms with E-state index in [9.17, 15) is 14.7 Å². The van der Waals surface area contributed by atoms with Crippen LogP contribution in [0.2, 0.25) is 0 Å². The van der Waals surface area contributed by atoms with Crippen LogP contribution in [0.5, 0.6) is 5.75 Å². The van der Waals surface area contributed by atoms with Gasteiger partial charge in [0.15, 0.2) is 5.82 Å². The number of benzene rings is 1. The van der Waals surface area contributed by atoms with E-state index >= 15 is 0 Å². The number of pyridine rings is 1. The summed E-state index contributed by atoms with van der Waals surface area (Å²) in [6.07, 6.45) is 6.17. The molecule has 2 fully saturated rings. The first-order valence-corrected chi connectivity index (χ1v) is 14.2. The van der Waals surface area contributed by atoms with E-state index in [-0.39, 0.29) is 24.3 Å². The van der Waals surface area contributed by atoms with Crippen molar-refractivity contribution in [3.8, 4) is 17.0 Å². The number of likely N-dealkylation sites (tertiary alicyclic amines) is 1. The summed E-state index contributed by atoms with van der Waals surface area (Å²) < 4.78 is 11.4. The van der Waals surface area contributed by atoms with Crippen molar-refractivity contribution in [1.29, 1.82) is 0 Å². The van der Waals surface area contributed by atoms with E-state index in [0.717, 1.165) is 44.1 Å². The topological polar surface area (TPSA) is 153 Å². The van der Waals surface area contributed by atoms with Gasteiger partial charge in [-0.1, -0.05) is 12.8 Å². The number of nitrogens with one attached hydrogen (secondary N) is 1. The van der Waals surface area contributed by atoms with Gasteiger partial charge in [0.05, 0.1) is 16.9 Å². The number of nitrogens with zero attached hydrogens (tertiary/aromatic N) is 4. The zero-order valence-corrected chi connectivity index (χ0v) is 23.9. The number of ether oxygens (including phenoxy) is 2. The van der Waals surface area contributed by atoms with Gasteiger partial charge in [-0.15, -0.1) is 0 Å². The largest absolute Gasteiger partial charge is 0.491 e. The summed E-state index contributed by atoms with van der Waals surface area (Å²) in [6.45, 7) is 6.85. The molecule has 1 aromatic carbocycles. The number of fused-ring (bicyclic) bond motifs is 1. The number of hydrogen-bond acceptors (Lipinski definition) is 9. The molecular formula is C30H38N6O5. The van der Waals surface area contributed by atoms with E-state index in [1.807, 2.05) is 45.0 Å². The van der Waals surface area contributed by atoms with Crippen molar-refractivity contribution < 1.29 is 24.2 Å². The second-order valence-corrected chi connectivity index (χ2v) is 12.0. The maximum absolute atomic E-state index is 12.7. The minimum absolute atomic E-state index is 0.0945. The first-order chi connectivity index (χ1) is 19.5. The number of piperidine rings is 1. The molecule has 0 spiro atoms. The quantitative estimate of drug-likeness (QED) is 0.383. The zero-order chi connectivity index (χ0) is 29.2. The van der Waals surface area contributed by atoms with Crippen LogP contribution in [0.3, 0.4) is 0 Å². The lowest BCUT2D eigenvalue weighted by Gasteiger charge is -2.34. The Hall–Kier alpha value is -3.99. The third-order valence-corrected chi connectivity index (χ3v) is 7.46. The summed E-state index contributed by atoms with van der Waals surface area (Å²) in [5.41, 5.74) is 6.69. The van der Waals surface area contributed by atoms with Crippen LogP contribution in [0.15, 0.2) is 36.7 Å². The summed E-state index contributed by atoms with van der Waals surface area (Å²) in [5.74, 6) is 0.476. The fourth-order valence-electron chi connectivity index (χ4n) is 5.38. The lowest BCUT2D eigenvalue weighted by Crippen LogP contribution is -2.47. The number of primary amides is 1. The van der Waals surface area contributed by atoms with Gasteiger partial charge in [0, 0.05) is 24.7 Å². The number of aromatic nitrogens is 3. The molecule has 0 radical (unpaired) electrons. The number of carbonyl (C=O) groups excluding carboxylic acids is 2. The van der Waals surface area contributed by atoms with Gasteiger partial charge in [0.25, 0.3) is 5.91 Å². The van der Waals surface area contributed by atoms with Gasteiger partial charge in [0.2, 0.25) is 0 Å². The van der Waals surface area contributed by atoms with Crippen LogP contribution in [-0.2, 0) is 4.74 Å². The average molecular weight is 563 g/mol. The van der Waals surface area contributed by atoms with Crippen LogP contribution in [0, 0.1) is 0 Å². The number of hydrogen-bond donors (Lipinski definition) is 3. The predicted octanol–water partition coefficient (Wildman–Crippen LogP) is 4.29. The Balaban J connectivity index is 1.38. The number of amides is 2. The van der Waals surface area contributed by atoms with Gasteiger partial charge in [-0.3, -0.25) is 4.79 Å². The molecule has 2 amide bonds. The molecule has 2 aliphatic rings. The van der Waals surface area contributed by atoms with Crippen LogP contribution in [0.25, 0.3) is 22.3 Å². The van der Waals surface area contributed by atoms with Crippen molar-refractivity contribution in [2.75, 3.05) is 25.0 Å². The minimum atomic E-state index is -0.763. The third-order valence-electron chi connectivity index (χ3n) is 7.46. The maximum atomic E-state index is 12.7. The highest BCUT2D eigenvalue weighted by Crippen LogP contribution is 2.32. The van der Waals surface area contributed by atoms with E-state index in [2.05, 4.69) is 15.3 Å². The third kappa shape index (κ3) is 6.84. The van der Waals surface area contributed by atoms with Crippen molar-refractivity contribution in [2.45, 2.75) is 76.5 Å². The van der Waals surface area contributed by atoms with Gasteiger partial charge in [0.1, 0.15) is 35.3 Å². The minimum Gasteiger partial charge on any atom is -0.491 e. The Kier molecular flexibility index (Phi) is 7.99. The molecule has 41 heavy (non-hydrogen) atoms. The van der Waals surface area contributed by atoms with E-state index in [1.165, 1.54) is 6.33 Å². The molecule has 0 unspecified atom stereocenters. The second-order valence-electron chi connectivity index (χ2n) is 12.0. The summed E-state index contributed by atoms with van der Waals surface area (Å²) in [7, 11) is 0. The fraction of sp³-hybridized carbons (Fsp3) is 0.500. The smallest absolute Gasteiger partial charge is 0.410 e. The molecule has 1 aliphatic heterocycles. The molecule has 1 aliphatic carbocycles. The molecule has 0 bridgehead atoms. The molecule has 4 N–H and O–H groups in total. The lowest BCUT2D eigenvalue weighted by atomic mass is 10.0. The predicted molar refractivity (Wildman–Crippen MR) is 155 cm³/mol. The van der Waals surface area contributed by atoms with Crippen LogP contribution < -0.4 is 15.8 Å². The number of nitrogens with two attached hydrogens (primary N) is 1. The van der Waals surface area contributed by atoms with E-state index in [0.29, 0.717) is 41.4 Å². The Labute approximate surface area is 239 Å². The molecule has 1 saturated heterocycles. The molecule has 11 nitrogen and oxygen atoms in total. The van der Waals surface area contributed by atoms with Crippen molar-refractivity contribution in [3.63, 3.8) is 0 Å². The van der Waals surface area contributed by atoms with Crippen LogP contribution in [-0.4, -0.2) is 73.9 Å². The van der Waals surface area contributed by atoms with Gasteiger partial charge >= 0.3 is 6.09 Å². The zero-order valence-electron chi connectivity index (χ0n) is 23.9. The molecule has 11 heteroatoms. The Morgan fingerprint density at radius 3 is 2.54 bits per heavy atom. The molecule has 3 heterocycles. The lowest BCUT2D eigenvalue weighted by molar-refractivity contribution is 0.00140.